The molecule has 1 heterocycles. The Bertz CT molecular complexity index is 911. The highest BCUT2D eigenvalue weighted by Crippen LogP contribution is 2.38. The molecule has 0 atom stereocenters. The molecule has 1 N–H and O–H groups in total. The molecule has 0 bridgehead atoms. The van der Waals surface area contributed by atoms with E-state index in [1.54, 1.807) is 7.11 Å². The van der Waals surface area contributed by atoms with E-state index in [-0.39, 0.29) is 5.69 Å². The molecule has 3 aromatic rings. The normalized spacial score (nSPS) is 11.9. The van der Waals surface area contributed by atoms with Crippen LogP contribution in [-0.2, 0) is 6.42 Å². The summed E-state index contributed by atoms with van der Waals surface area (Å²) in [4.78, 5) is 19.1. The van der Waals surface area contributed by atoms with Crippen molar-refractivity contribution in [3.8, 4) is 28.3 Å². The molecule has 4 nitrogen and oxygen atoms in total. The number of nitrogens with one attached hydrogen (secondary N) is 1. The molecule has 0 amide bonds. The van der Waals surface area contributed by atoms with Gasteiger partial charge in [-0.05, 0) is 29.8 Å². The van der Waals surface area contributed by atoms with Crippen LogP contribution < -0.4 is 10.4 Å². The van der Waals surface area contributed by atoms with Crippen LogP contribution in [0.4, 0.5) is 0 Å². The van der Waals surface area contributed by atoms with E-state index in [0.717, 1.165) is 40.2 Å². The van der Waals surface area contributed by atoms with Gasteiger partial charge in [0.15, 0.2) is 0 Å². The van der Waals surface area contributed by atoms with E-state index in [4.69, 9.17) is 4.74 Å². The lowest BCUT2D eigenvalue weighted by Crippen LogP contribution is -2.13. The van der Waals surface area contributed by atoms with Gasteiger partial charge in [0.2, 0.25) is 0 Å². The number of benzene rings is 2. The van der Waals surface area contributed by atoms with Crippen molar-refractivity contribution in [3.05, 3.63) is 70.1 Å². The molecule has 0 radical (unpaired) electrons. The standard InChI is InChI=1S/C18H14N2O2/c1-22-13-8-6-11(7-9-13)16-15-10-12-4-2-3-5-14(12)17(15)20-18(21)19-16/h2-9H,10H2,1H3,(H,19,20,21). The van der Waals surface area contributed by atoms with E-state index in [9.17, 15) is 4.79 Å². The van der Waals surface area contributed by atoms with Gasteiger partial charge in [0, 0.05) is 23.1 Å². The molecule has 4 rings (SSSR count). The molecule has 0 saturated heterocycles. The minimum absolute atomic E-state index is 0.318. The third-order valence-electron chi connectivity index (χ3n) is 4.05. The van der Waals surface area contributed by atoms with Gasteiger partial charge in [-0.25, -0.2) is 4.79 Å². The second kappa shape index (κ2) is 4.84. The molecule has 0 spiro atoms. The summed E-state index contributed by atoms with van der Waals surface area (Å²) in [5, 5.41) is 0. The second-order valence-electron chi connectivity index (χ2n) is 5.31. The first-order valence-electron chi connectivity index (χ1n) is 7.12. The van der Waals surface area contributed by atoms with Gasteiger partial charge < -0.3 is 9.72 Å². The SMILES string of the molecule is COc1ccc(-c2nc(=O)[nH]c3c2Cc2ccccc2-3)cc1. The molecule has 0 unspecified atom stereocenters. The fourth-order valence-electron chi connectivity index (χ4n) is 3.00. The topological polar surface area (TPSA) is 55.0 Å². The first-order valence-corrected chi connectivity index (χ1v) is 7.12. The Morgan fingerprint density at radius 1 is 1.09 bits per heavy atom. The molecule has 108 valence electrons. The molecular formula is C18H14N2O2. The van der Waals surface area contributed by atoms with Gasteiger partial charge in [0.25, 0.3) is 0 Å². The van der Waals surface area contributed by atoms with Crippen molar-refractivity contribution in [3.63, 3.8) is 0 Å². The quantitative estimate of drug-likeness (QED) is 0.617. The fraction of sp³-hybridized carbons (Fsp3) is 0.111. The van der Waals surface area contributed by atoms with Crippen LogP contribution in [0.5, 0.6) is 5.75 Å². The number of rotatable bonds is 2. The van der Waals surface area contributed by atoms with Crippen LogP contribution in [0, 0.1) is 0 Å². The first kappa shape index (κ1) is 12.8. The van der Waals surface area contributed by atoms with E-state index in [2.05, 4.69) is 16.0 Å². The van der Waals surface area contributed by atoms with E-state index in [0.29, 0.717) is 0 Å². The lowest BCUT2D eigenvalue weighted by molar-refractivity contribution is 0.415. The predicted octanol–water partition coefficient (Wildman–Crippen LogP) is 3.02. The maximum absolute atomic E-state index is 12.0. The summed E-state index contributed by atoms with van der Waals surface area (Å²) in [6.07, 6.45) is 0.788. The van der Waals surface area contributed by atoms with Crippen LogP contribution in [0.25, 0.3) is 22.5 Å². The van der Waals surface area contributed by atoms with Crippen LogP contribution in [-0.4, -0.2) is 17.1 Å². The largest absolute Gasteiger partial charge is 0.497 e. The Hall–Kier alpha value is -2.88. The molecule has 2 aromatic carbocycles. The third-order valence-corrected chi connectivity index (χ3v) is 4.05. The molecule has 0 saturated carbocycles. The van der Waals surface area contributed by atoms with Gasteiger partial charge in [-0.15, -0.1) is 0 Å². The van der Waals surface area contributed by atoms with Crippen molar-refractivity contribution < 1.29 is 4.74 Å². The molecule has 1 aromatic heterocycles. The molecule has 1 aliphatic carbocycles. The lowest BCUT2D eigenvalue weighted by atomic mass is 10.0. The van der Waals surface area contributed by atoms with Crippen LogP contribution in [0.1, 0.15) is 11.1 Å². The van der Waals surface area contributed by atoms with Crippen LogP contribution in [0.15, 0.2) is 53.3 Å². The van der Waals surface area contributed by atoms with Crippen LogP contribution in [0.2, 0.25) is 0 Å². The Kier molecular flexibility index (Phi) is 2.82. The monoisotopic (exact) mass is 290 g/mol. The summed E-state index contributed by atoms with van der Waals surface area (Å²) in [7, 11) is 1.63. The van der Waals surface area contributed by atoms with Gasteiger partial charge in [0.1, 0.15) is 5.75 Å². The summed E-state index contributed by atoms with van der Waals surface area (Å²) < 4.78 is 5.18. The van der Waals surface area contributed by atoms with Crippen molar-refractivity contribution in [2.75, 3.05) is 7.11 Å². The molecule has 0 fully saturated rings. The number of hydrogen-bond donors (Lipinski definition) is 1. The Morgan fingerprint density at radius 3 is 2.64 bits per heavy atom. The van der Waals surface area contributed by atoms with Crippen molar-refractivity contribution in [2.45, 2.75) is 6.42 Å². The van der Waals surface area contributed by atoms with Crippen LogP contribution >= 0.6 is 0 Å². The van der Waals surface area contributed by atoms with Crippen molar-refractivity contribution in [1.29, 1.82) is 0 Å². The van der Waals surface area contributed by atoms with E-state index >= 15 is 0 Å². The zero-order chi connectivity index (χ0) is 15.1. The van der Waals surface area contributed by atoms with E-state index < -0.39 is 0 Å². The summed E-state index contributed by atoms with van der Waals surface area (Å²) in [5.74, 6) is 0.786. The molecule has 22 heavy (non-hydrogen) atoms. The average Bonchev–Trinajstić information content (AvgIpc) is 2.93. The molecule has 0 aliphatic heterocycles. The van der Waals surface area contributed by atoms with Gasteiger partial charge in [-0.1, -0.05) is 24.3 Å². The highest BCUT2D eigenvalue weighted by Gasteiger charge is 2.23. The number of aromatic nitrogens is 2. The maximum Gasteiger partial charge on any atom is 0.345 e. The highest BCUT2D eigenvalue weighted by atomic mass is 16.5. The molecule has 4 heteroatoms. The molecular weight excluding hydrogens is 276 g/mol. The maximum atomic E-state index is 12.0. The second-order valence-corrected chi connectivity index (χ2v) is 5.31. The highest BCUT2D eigenvalue weighted by molar-refractivity contribution is 5.80. The number of H-pyrrole nitrogens is 1. The Balaban J connectivity index is 1.92. The van der Waals surface area contributed by atoms with Gasteiger partial charge >= 0.3 is 5.69 Å². The number of ether oxygens (including phenoxy) is 1. The van der Waals surface area contributed by atoms with Crippen molar-refractivity contribution in [2.24, 2.45) is 0 Å². The predicted molar refractivity (Wildman–Crippen MR) is 85.1 cm³/mol. The van der Waals surface area contributed by atoms with E-state index in [1.807, 2.05) is 42.5 Å². The van der Waals surface area contributed by atoms with Crippen LogP contribution in [0.3, 0.4) is 0 Å². The fourth-order valence-corrected chi connectivity index (χ4v) is 3.00. The summed E-state index contributed by atoms with van der Waals surface area (Å²) in [5.41, 5.74) is 5.63. The Labute approximate surface area is 127 Å². The van der Waals surface area contributed by atoms with Gasteiger partial charge in [-0.3, -0.25) is 0 Å². The van der Waals surface area contributed by atoms with Gasteiger partial charge in [-0.2, -0.15) is 4.98 Å². The van der Waals surface area contributed by atoms with Crippen molar-refractivity contribution in [1.82, 2.24) is 9.97 Å². The number of methoxy groups -OCH3 is 1. The minimum Gasteiger partial charge on any atom is -0.497 e. The Morgan fingerprint density at radius 2 is 1.86 bits per heavy atom. The lowest BCUT2D eigenvalue weighted by Gasteiger charge is -2.08. The third kappa shape index (κ3) is 1.92. The number of hydrogen-bond acceptors (Lipinski definition) is 3. The smallest absolute Gasteiger partial charge is 0.345 e. The zero-order valence-electron chi connectivity index (χ0n) is 12.1. The van der Waals surface area contributed by atoms with Gasteiger partial charge in [0.05, 0.1) is 18.5 Å². The summed E-state index contributed by atoms with van der Waals surface area (Å²) in [6, 6.07) is 15.8. The number of fused-ring (bicyclic) bond motifs is 3. The minimum atomic E-state index is -0.318. The summed E-state index contributed by atoms with van der Waals surface area (Å²) in [6.45, 7) is 0. The zero-order valence-corrected chi connectivity index (χ0v) is 12.1. The van der Waals surface area contributed by atoms with Crippen molar-refractivity contribution >= 4 is 0 Å². The first-order chi connectivity index (χ1) is 10.8. The molecule has 1 aliphatic rings. The average molecular weight is 290 g/mol. The van der Waals surface area contributed by atoms with E-state index in [1.165, 1.54) is 5.56 Å². The number of aromatic amines is 1. The summed E-state index contributed by atoms with van der Waals surface area (Å²) >= 11 is 0. The number of nitrogens with zero attached hydrogens (tertiary/aromatic N) is 1.